The summed E-state index contributed by atoms with van der Waals surface area (Å²) >= 11 is 0. The van der Waals surface area contributed by atoms with Crippen LogP contribution in [0.15, 0.2) is 47.0 Å². The highest BCUT2D eigenvalue weighted by atomic mass is 16.5. The van der Waals surface area contributed by atoms with Crippen LogP contribution in [0, 0.1) is 0 Å². The highest BCUT2D eigenvalue weighted by Gasteiger charge is 2.14. The van der Waals surface area contributed by atoms with Gasteiger partial charge in [0.05, 0.1) is 0 Å². The Hall–Kier alpha value is -2.66. The fraction of sp³-hybridized carbons (Fsp3) is 0.440. The van der Waals surface area contributed by atoms with Gasteiger partial charge in [-0.2, -0.15) is 0 Å². The second-order valence-corrected chi connectivity index (χ2v) is 8.14. The van der Waals surface area contributed by atoms with Gasteiger partial charge in [-0.05, 0) is 60.2 Å². The van der Waals surface area contributed by atoms with Crippen molar-refractivity contribution in [2.45, 2.75) is 64.9 Å². The largest absolute Gasteiger partial charge is 0.504 e. The van der Waals surface area contributed by atoms with Crippen molar-refractivity contribution in [3.05, 3.63) is 70.9 Å². The molecule has 1 aromatic carbocycles. The van der Waals surface area contributed by atoms with Gasteiger partial charge in [-0.1, -0.05) is 33.3 Å². The molecule has 0 aliphatic carbocycles. The molecule has 0 spiro atoms. The third-order valence-electron chi connectivity index (χ3n) is 5.33. The first-order valence-electron chi connectivity index (χ1n) is 10.8. The van der Waals surface area contributed by atoms with Crippen molar-refractivity contribution in [3.8, 4) is 11.5 Å². The Balaban J connectivity index is 1.55. The van der Waals surface area contributed by atoms with Crippen LogP contribution in [0.3, 0.4) is 0 Å². The Morgan fingerprint density at radius 1 is 1.03 bits per heavy atom. The Labute approximate surface area is 178 Å². The predicted octanol–water partition coefficient (Wildman–Crippen LogP) is 5.68. The van der Waals surface area contributed by atoms with Crippen molar-refractivity contribution in [3.63, 3.8) is 0 Å². The molecule has 2 aromatic heterocycles. The summed E-state index contributed by atoms with van der Waals surface area (Å²) in [6.07, 6.45) is 5.97. The maximum Gasteiger partial charge on any atom is 0.161 e. The van der Waals surface area contributed by atoms with E-state index < -0.39 is 6.10 Å². The van der Waals surface area contributed by atoms with Crippen LogP contribution in [0.2, 0.25) is 0 Å². The zero-order chi connectivity index (χ0) is 21.5. The number of phenols is 1. The van der Waals surface area contributed by atoms with Crippen molar-refractivity contribution >= 4 is 0 Å². The standard InChI is InChI=1S/C25H33NO4/c1-4-5-6-20-10-11-21(30-20)9-7-18-8-12-23(27)25(13-18)29-16-24(28)22-14-19(15-26-22)17(2)3/h8,10-15,17,24,26-28H,4-7,9,16H2,1-3H3. The number of unbranched alkanes of at least 4 members (excludes halogenated alkanes) is 1. The van der Waals surface area contributed by atoms with Gasteiger partial charge in [0.25, 0.3) is 0 Å². The van der Waals surface area contributed by atoms with Crippen LogP contribution in [0.25, 0.3) is 0 Å². The van der Waals surface area contributed by atoms with Gasteiger partial charge in [0.2, 0.25) is 0 Å². The topological polar surface area (TPSA) is 78.6 Å². The molecule has 1 atom stereocenters. The molecular formula is C25H33NO4. The summed E-state index contributed by atoms with van der Waals surface area (Å²) in [5, 5.41) is 20.5. The number of aliphatic hydroxyl groups is 1. The molecule has 0 aliphatic rings. The fourth-order valence-corrected chi connectivity index (χ4v) is 3.35. The van der Waals surface area contributed by atoms with Gasteiger partial charge >= 0.3 is 0 Å². The van der Waals surface area contributed by atoms with Gasteiger partial charge in [-0.25, -0.2) is 0 Å². The smallest absolute Gasteiger partial charge is 0.161 e. The number of benzene rings is 1. The zero-order valence-electron chi connectivity index (χ0n) is 18.1. The van der Waals surface area contributed by atoms with Gasteiger partial charge in [-0.3, -0.25) is 0 Å². The first kappa shape index (κ1) is 22.0. The van der Waals surface area contributed by atoms with E-state index in [0.29, 0.717) is 17.4 Å². The van der Waals surface area contributed by atoms with E-state index in [1.165, 1.54) is 0 Å². The lowest BCUT2D eigenvalue weighted by atomic mass is 10.1. The monoisotopic (exact) mass is 411 g/mol. The first-order chi connectivity index (χ1) is 14.5. The maximum absolute atomic E-state index is 10.4. The van der Waals surface area contributed by atoms with Gasteiger partial charge in [0.15, 0.2) is 11.5 Å². The molecule has 3 aromatic rings. The number of aromatic nitrogens is 1. The predicted molar refractivity (Wildman–Crippen MR) is 118 cm³/mol. The second-order valence-electron chi connectivity index (χ2n) is 8.14. The van der Waals surface area contributed by atoms with Gasteiger partial charge in [-0.15, -0.1) is 0 Å². The molecule has 162 valence electrons. The van der Waals surface area contributed by atoms with E-state index in [-0.39, 0.29) is 12.4 Å². The molecule has 0 saturated heterocycles. The average molecular weight is 412 g/mol. The van der Waals surface area contributed by atoms with E-state index in [1.807, 2.05) is 30.5 Å². The lowest BCUT2D eigenvalue weighted by Gasteiger charge is -2.13. The lowest BCUT2D eigenvalue weighted by Crippen LogP contribution is -2.10. The van der Waals surface area contributed by atoms with E-state index in [0.717, 1.165) is 54.8 Å². The van der Waals surface area contributed by atoms with E-state index in [2.05, 4.69) is 31.8 Å². The number of rotatable bonds is 11. The molecule has 0 aliphatic heterocycles. The van der Waals surface area contributed by atoms with Gasteiger partial charge in [0.1, 0.15) is 24.2 Å². The molecule has 5 nitrogen and oxygen atoms in total. The first-order valence-corrected chi connectivity index (χ1v) is 10.8. The second kappa shape index (κ2) is 10.4. The highest BCUT2D eigenvalue weighted by molar-refractivity contribution is 5.42. The SMILES string of the molecule is CCCCc1ccc(CCc2ccc(O)c(OCC(O)c3cc(C(C)C)c[nH]3)c2)o1. The maximum atomic E-state index is 10.4. The third-order valence-corrected chi connectivity index (χ3v) is 5.33. The molecule has 0 amide bonds. The molecule has 5 heteroatoms. The minimum absolute atomic E-state index is 0.0635. The number of hydrogen-bond acceptors (Lipinski definition) is 4. The molecule has 3 N–H and O–H groups in total. The van der Waals surface area contributed by atoms with Crippen molar-refractivity contribution < 1.29 is 19.4 Å². The number of hydrogen-bond donors (Lipinski definition) is 3. The summed E-state index contributed by atoms with van der Waals surface area (Å²) in [6, 6.07) is 11.4. The number of aromatic hydroxyl groups is 1. The fourth-order valence-electron chi connectivity index (χ4n) is 3.35. The summed E-state index contributed by atoms with van der Waals surface area (Å²) in [4.78, 5) is 3.10. The van der Waals surface area contributed by atoms with Crippen molar-refractivity contribution in [2.24, 2.45) is 0 Å². The summed E-state index contributed by atoms with van der Waals surface area (Å²) < 4.78 is 11.6. The average Bonchev–Trinajstić information content (AvgIpc) is 3.40. The number of aliphatic hydroxyl groups excluding tert-OH is 1. The van der Waals surface area contributed by atoms with E-state index in [4.69, 9.17) is 9.15 Å². The van der Waals surface area contributed by atoms with Crippen LogP contribution < -0.4 is 4.74 Å². The summed E-state index contributed by atoms with van der Waals surface area (Å²) in [6.45, 7) is 6.45. The summed E-state index contributed by atoms with van der Waals surface area (Å²) in [5.41, 5.74) is 2.90. The molecule has 30 heavy (non-hydrogen) atoms. The van der Waals surface area contributed by atoms with Crippen molar-refractivity contribution in [2.75, 3.05) is 6.61 Å². The number of H-pyrrole nitrogens is 1. The van der Waals surface area contributed by atoms with Gasteiger partial charge in [0, 0.05) is 24.7 Å². The number of aromatic amines is 1. The van der Waals surface area contributed by atoms with E-state index in [1.54, 1.807) is 6.07 Å². The van der Waals surface area contributed by atoms with Crippen LogP contribution in [0.4, 0.5) is 0 Å². The number of furan rings is 1. The summed E-state index contributed by atoms with van der Waals surface area (Å²) in [7, 11) is 0. The molecule has 0 saturated carbocycles. The van der Waals surface area contributed by atoms with E-state index >= 15 is 0 Å². The van der Waals surface area contributed by atoms with Crippen molar-refractivity contribution in [1.82, 2.24) is 4.98 Å². The molecular weight excluding hydrogens is 378 g/mol. The molecule has 2 heterocycles. The number of nitrogens with one attached hydrogen (secondary N) is 1. The summed E-state index contributed by atoms with van der Waals surface area (Å²) in [5.74, 6) is 2.85. The Morgan fingerprint density at radius 3 is 2.50 bits per heavy atom. The minimum atomic E-state index is -0.787. The van der Waals surface area contributed by atoms with Crippen LogP contribution in [0.5, 0.6) is 11.5 Å². The molecule has 0 radical (unpaired) electrons. The van der Waals surface area contributed by atoms with Gasteiger partial charge < -0.3 is 24.4 Å². The Morgan fingerprint density at radius 2 is 1.80 bits per heavy atom. The van der Waals surface area contributed by atoms with Crippen LogP contribution in [0.1, 0.15) is 74.0 Å². The molecule has 0 bridgehead atoms. The molecule has 1 unspecified atom stereocenters. The Bertz CT molecular complexity index is 925. The van der Waals surface area contributed by atoms with Crippen LogP contribution in [-0.2, 0) is 19.3 Å². The molecule has 3 rings (SSSR count). The highest BCUT2D eigenvalue weighted by Crippen LogP contribution is 2.29. The normalized spacial score (nSPS) is 12.4. The Kier molecular flexibility index (Phi) is 7.63. The molecule has 0 fully saturated rings. The van der Waals surface area contributed by atoms with E-state index in [9.17, 15) is 10.2 Å². The van der Waals surface area contributed by atoms with Crippen LogP contribution in [-0.4, -0.2) is 21.8 Å². The third kappa shape index (κ3) is 5.92. The quantitative estimate of drug-likeness (QED) is 0.379. The lowest BCUT2D eigenvalue weighted by molar-refractivity contribution is 0.103. The number of phenolic OH excluding ortho intramolecular Hbond substituents is 1. The number of aryl methyl sites for hydroxylation is 3. The number of ether oxygens (including phenoxy) is 1. The van der Waals surface area contributed by atoms with Crippen molar-refractivity contribution in [1.29, 1.82) is 0 Å². The van der Waals surface area contributed by atoms with Crippen LogP contribution >= 0.6 is 0 Å². The minimum Gasteiger partial charge on any atom is -0.504 e. The zero-order valence-corrected chi connectivity index (χ0v) is 18.1.